The number of aryl methyl sites for hydroxylation is 2. The van der Waals surface area contributed by atoms with Crippen LogP contribution in [0.1, 0.15) is 23.1 Å². The molecule has 1 spiro atoms. The van der Waals surface area contributed by atoms with Crippen LogP contribution in [0, 0.1) is 25.7 Å². The van der Waals surface area contributed by atoms with Crippen molar-refractivity contribution in [3.8, 4) is 0 Å². The molecule has 3 heterocycles. The van der Waals surface area contributed by atoms with Gasteiger partial charge in [-0.1, -0.05) is 58.4 Å². The molecule has 36 heavy (non-hydrogen) atoms. The van der Waals surface area contributed by atoms with Crippen molar-refractivity contribution in [2.45, 2.75) is 49.4 Å². The van der Waals surface area contributed by atoms with Crippen LogP contribution in [-0.2, 0) is 25.7 Å². The number of hydrogen-bond donors (Lipinski definition) is 3. The van der Waals surface area contributed by atoms with Crippen molar-refractivity contribution in [1.82, 2.24) is 10.2 Å². The number of nitrogens with one attached hydrogen (secondary N) is 2. The van der Waals surface area contributed by atoms with E-state index >= 15 is 0 Å². The van der Waals surface area contributed by atoms with Gasteiger partial charge in [0.15, 0.2) is 0 Å². The Morgan fingerprint density at radius 3 is 2.64 bits per heavy atom. The second kappa shape index (κ2) is 9.61. The molecule has 2 bridgehead atoms. The molecule has 3 aliphatic rings. The smallest absolute Gasteiger partial charge is 0.250 e. The first-order valence-corrected chi connectivity index (χ1v) is 13.1. The second-order valence-electron chi connectivity index (χ2n) is 9.93. The standard InChI is InChI=1S/C27H30BrN3O5/c1-15-8-9-16(2)19(12-15)30-25(34)23-27-13-18(28)22(36-27)20(21(27)26(35)31(23)10-11-32)24(33)29-14-17-6-4-3-5-7-17/h3-9,12,18,20-23,32H,10-11,13-14H2,1-2H3,(H,29,33)(H,30,34)/t18?,20-,21+,22-,23?,27?/m1/s1. The quantitative estimate of drug-likeness (QED) is 0.454. The third kappa shape index (κ3) is 4.03. The zero-order valence-electron chi connectivity index (χ0n) is 20.2. The highest BCUT2D eigenvalue weighted by molar-refractivity contribution is 9.09. The number of aliphatic hydroxyl groups excluding tert-OH is 1. The van der Waals surface area contributed by atoms with Crippen LogP contribution >= 0.6 is 15.9 Å². The Hall–Kier alpha value is -2.75. The molecular formula is C27H30BrN3O5. The third-order valence-corrected chi connectivity index (χ3v) is 8.49. The molecule has 2 aromatic carbocycles. The molecule has 0 saturated carbocycles. The molecule has 3 unspecified atom stereocenters. The number of carbonyl (C=O) groups is 3. The Labute approximate surface area is 218 Å². The molecule has 190 valence electrons. The van der Waals surface area contributed by atoms with Crippen LogP contribution in [0.4, 0.5) is 5.69 Å². The van der Waals surface area contributed by atoms with Gasteiger partial charge in [-0.25, -0.2) is 0 Å². The van der Waals surface area contributed by atoms with Gasteiger partial charge in [0, 0.05) is 23.6 Å². The fourth-order valence-electron chi connectivity index (χ4n) is 6.05. The summed E-state index contributed by atoms with van der Waals surface area (Å²) in [5.41, 5.74) is 2.35. The lowest BCUT2D eigenvalue weighted by atomic mass is 9.70. The predicted molar refractivity (Wildman–Crippen MR) is 137 cm³/mol. The topological polar surface area (TPSA) is 108 Å². The molecule has 3 aliphatic heterocycles. The van der Waals surface area contributed by atoms with Crippen molar-refractivity contribution in [3.05, 3.63) is 65.2 Å². The van der Waals surface area contributed by atoms with Crippen molar-refractivity contribution >= 4 is 39.3 Å². The highest BCUT2D eigenvalue weighted by atomic mass is 79.9. The van der Waals surface area contributed by atoms with E-state index < -0.39 is 29.6 Å². The lowest BCUT2D eigenvalue weighted by Gasteiger charge is -2.34. The first kappa shape index (κ1) is 24.9. The number of hydrogen-bond acceptors (Lipinski definition) is 5. The number of ether oxygens (including phenoxy) is 1. The van der Waals surface area contributed by atoms with E-state index in [9.17, 15) is 19.5 Å². The summed E-state index contributed by atoms with van der Waals surface area (Å²) in [5.74, 6) is -2.51. The summed E-state index contributed by atoms with van der Waals surface area (Å²) in [6, 6.07) is 14.4. The maximum Gasteiger partial charge on any atom is 0.250 e. The maximum atomic E-state index is 13.7. The Kier molecular flexibility index (Phi) is 6.65. The lowest BCUT2D eigenvalue weighted by molar-refractivity contribution is -0.141. The molecule has 0 radical (unpaired) electrons. The molecule has 3 N–H and O–H groups in total. The van der Waals surface area contributed by atoms with E-state index in [1.807, 2.05) is 62.4 Å². The molecular weight excluding hydrogens is 526 g/mol. The summed E-state index contributed by atoms with van der Waals surface area (Å²) < 4.78 is 6.44. The number of halogens is 1. The van der Waals surface area contributed by atoms with Gasteiger partial charge in [-0.2, -0.15) is 0 Å². The number of aliphatic hydroxyl groups is 1. The van der Waals surface area contributed by atoms with E-state index in [0.29, 0.717) is 18.7 Å². The van der Waals surface area contributed by atoms with Crippen LogP contribution in [0.3, 0.4) is 0 Å². The Morgan fingerprint density at radius 2 is 1.92 bits per heavy atom. The largest absolute Gasteiger partial charge is 0.395 e. The number of rotatable bonds is 7. The molecule has 0 aromatic heterocycles. The number of nitrogens with zero attached hydrogens (tertiary/aromatic N) is 1. The number of anilines is 1. The summed E-state index contributed by atoms with van der Waals surface area (Å²) in [4.78, 5) is 42.1. The van der Waals surface area contributed by atoms with E-state index in [1.165, 1.54) is 4.90 Å². The van der Waals surface area contributed by atoms with Crippen molar-refractivity contribution in [3.63, 3.8) is 0 Å². The first-order chi connectivity index (χ1) is 17.3. The third-order valence-electron chi connectivity index (χ3n) is 7.64. The Bertz CT molecular complexity index is 1190. The minimum Gasteiger partial charge on any atom is -0.395 e. The van der Waals surface area contributed by atoms with Crippen LogP contribution in [0.15, 0.2) is 48.5 Å². The van der Waals surface area contributed by atoms with E-state index in [1.54, 1.807) is 0 Å². The van der Waals surface area contributed by atoms with Gasteiger partial charge in [0.1, 0.15) is 11.6 Å². The minimum absolute atomic E-state index is 0.0126. The molecule has 6 atom stereocenters. The van der Waals surface area contributed by atoms with Gasteiger partial charge >= 0.3 is 0 Å². The normalized spacial score (nSPS) is 30.4. The zero-order valence-corrected chi connectivity index (χ0v) is 21.8. The number of carbonyl (C=O) groups excluding carboxylic acids is 3. The lowest BCUT2D eigenvalue weighted by Crippen LogP contribution is -2.54. The first-order valence-electron chi connectivity index (χ1n) is 12.2. The summed E-state index contributed by atoms with van der Waals surface area (Å²) in [7, 11) is 0. The molecule has 3 amide bonds. The molecule has 9 heteroatoms. The maximum absolute atomic E-state index is 13.7. The number of alkyl halides is 1. The number of fused-ring (bicyclic) bond motifs is 1. The summed E-state index contributed by atoms with van der Waals surface area (Å²) in [6.45, 7) is 3.87. The summed E-state index contributed by atoms with van der Waals surface area (Å²) in [6.07, 6.45) is -0.106. The number of benzene rings is 2. The van der Waals surface area contributed by atoms with Gasteiger partial charge in [-0.05, 0) is 43.0 Å². The number of amides is 3. The number of likely N-dealkylation sites (tertiary alicyclic amines) is 1. The molecule has 2 aromatic rings. The van der Waals surface area contributed by atoms with E-state index in [4.69, 9.17) is 4.74 Å². The zero-order chi connectivity index (χ0) is 25.6. The molecule has 5 rings (SSSR count). The van der Waals surface area contributed by atoms with Gasteiger partial charge in [0.05, 0.1) is 24.5 Å². The van der Waals surface area contributed by atoms with Gasteiger partial charge in [-0.15, -0.1) is 0 Å². The predicted octanol–water partition coefficient (Wildman–Crippen LogP) is 2.30. The minimum atomic E-state index is -1.15. The SMILES string of the molecule is Cc1ccc(C)c(NC(=O)C2N(CCO)C(=O)[C@@H]3[C@@H](C(=O)NCc4ccccc4)[C@@H]4OC23CC4Br)c1. The average molecular weight is 556 g/mol. The van der Waals surface area contributed by atoms with Crippen molar-refractivity contribution in [1.29, 1.82) is 0 Å². The van der Waals surface area contributed by atoms with Crippen molar-refractivity contribution in [2.24, 2.45) is 11.8 Å². The Balaban J connectivity index is 1.45. The van der Waals surface area contributed by atoms with Gasteiger partial charge in [0.25, 0.3) is 0 Å². The van der Waals surface area contributed by atoms with Gasteiger partial charge in [0.2, 0.25) is 17.7 Å². The van der Waals surface area contributed by atoms with Crippen molar-refractivity contribution in [2.75, 3.05) is 18.5 Å². The van der Waals surface area contributed by atoms with E-state index in [-0.39, 0.29) is 35.7 Å². The Morgan fingerprint density at radius 1 is 1.17 bits per heavy atom. The van der Waals surface area contributed by atoms with E-state index in [0.717, 1.165) is 16.7 Å². The van der Waals surface area contributed by atoms with E-state index in [2.05, 4.69) is 26.6 Å². The molecule has 3 fully saturated rings. The monoisotopic (exact) mass is 555 g/mol. The summed E-state index contributed by atoms with van der Waals surface area (Å²) in [5, 5.41) is 15.7. The highest BCUT2D eigenvalue weighted by Crippen LogP contribution is 2.60. The second-order valence-corrected chi connectivity index (χ2v) is 11.1. The average Bonchev–Trinajstić information content (AvgIpc) is 3.44. The fourth-order valence-corrected chi connectivity index (χ4v) is 7.00. The van der Waals surface area contributed by atoms with Crippen molar-refractivity contribution < 1.29 is 24.2 Å². The number of β-amino-alcohol motifs (C(OH)–C–C–N with tert-alkyl or cyclic N) is 1. The van der Waals surface area contributed by atoms with Crippen LogP contribution in [-0.4, -0.2) is 63.5 Å². The van der Waals surface area contributed by atoms with Crippen LogP contribution in [0.25, 0.3) is 0 Å². The molecule has 0 aliphatic carbocycles. The highest BCUT2D eigenvalue weighted by Gasteiger charge is 2.76. The van der Waals surface area contributed by atoms with Crippen LogP contribution < -0.4 is 10.6 Å². The van der Waals surface area contributed by atoms with Gasteiger partial charge < -0.3 is 25.4 Å². The molecule has 8 nitrogen and oxygen atoms in total. The van der Waals surface area contributed by atoms with Gasteiger partial charge in [-0.3, -0.25) is 14.4 Å². The fraction of sp³-hybridized carbons (Fsp3) is 0.444. The van der Waals surface area contributed by atoms with Crippen LogP contribution in [0.2, 0.25) is 0 Å². The van der Waals surface area contributed by atoms with Crippen LogP contribution in [0.5, 0.6) is 0 Å². The molecule has 3 saturated heterocycles. The summed E-state index contributed by atoms with van der Waals surface area (Å²) >= 11 is 3.66.